The summed E-state index contributed by atoms with van der Waals surface area (Å²) in [4.78, 5) is 13.5. The zero-order valence-corrected chi connectivity index (χ0v) is 9.08. The number of hydrogen-bond acceptors (Lipinski definition) is 3. The second kappa shape index (κ2) is 4.75. The third-order valence-corrected chi connectivity index (χ3v) is 2.35. The minimum absolute atomic E-state index is 0.201. The quantitative estimate of drug-likeness (QED) is 0.715. The Morgan fingerprint density at radius 1 is 1.43 bits per heavy atom. The predicted molar refractivity (Wildman–Crippen MR) is 54.9 cm³/mol. The largest absolute Gasteiger partial charge is 0.378 e. The van der Waals surface area contributed by atoms with E-state index in [0.717, 1.165) is 19.5 Å². The maximum absolute atomic E-state index is 11.7. The lowest BCUT2D eigenvalue weighted by atomic mass is 10.00. The van der Waals surface area contributed by atoms with Crippen molar-refractivity contribution in [2.24, 2.45) is 5.73 Å². The molecule has 2 N–H and O–H groups in total. The lowest BCUT2D eigenvalue weighted by molar-refractivity contribution is -0.135. The summed E-state index contributed by atoms with van der Waals surface area (Å²) < 4.78 is 5.18. The second-order valence-electron chi connectivity index (χ2n) is 4.48. The molecule has 0 radical (unpaired) electrons. The molecule has 0 aliphatic carbocycles. The van der Waals surface area contributed by atoms with Crippen molar-refractivity contribution >= 4 is 5.91 Å². The van der Waals surface area contributed by atoms with E-state index in [4.69, 9.17) is 10.5 Å². The van der Waals surface area contributed by atoms with Crippen LogP contribution in [0.1, 0.15) is 26.7 Å². The molecule has 1 rings (SSSR count). The summed E-state index contributed by atoms with van der Waals surface area (Å²) in [5, 5.41) is 0. The highest BCUT2D eigenvalue weighted by Crippen LogP contribution is 2.09. The molecule has 0 bridgehead atoms. The smallest absolute Gasteiger partial charge is 0.222 e. The number of morpholine rings is 1. The van der Waals surface area contributed by atoms with Crippen LogP contribution < -0.4 is 5.73 Å². The second-order valence-corrected chi connectivity index (χ2v) is 4.48. The summed E-state index contributed by atoms with van der Waals surface area (Å²) in [5.41, 5.74) is 5.57. The van der Waals surface area contributed by atoms with E-state index in [1.165, 1.54) is 0 Å². The minimum Gasteiger partial charge on any atom is -0.378 e. The fourth-order valence-corrected chi connectivity index (χ4v) is 1.40. The Kier molecular flexibility index (Phi) is 3.89. The molecule has 4 heteroatoms. The molecule has 1 aliphatic rings. The number of hydrogen-bond donors (Lipinski definition) is 1. The molecule has 0 saturated carbocycles. The Labute approximate surface area is 85.4 Å². The zero-order chi connectivity index (χ0) is 10.6. The molecule has 1 fully saturated rings. The first-order valence-corrected chi connectivity index (χ1v) is 5.13. The van der Waals surface area contributed by atoms with Gasteiger partial charge in [0.1, 0.15) is 0 Å². The number of nitrogens with two attached hydrogens (primary N) is 1. The van der Waals surface area contributed by atoms with Gasteiger partial charge < -0.3 is 15.4 Å². The van der Waals surface area contributed by atoms with E-state index >= 15 is 0 Å². The molecule has 4 nitrogen and oxygen atoms in total. The normalized spacial score (nSPS) is 18.4. The number of carbonyl (C=O) groups excluding carboxylic acids is 1. The Bertz CT molecular complexity index is 193. The van der Waals surface area contributed by atoms with Crippen LogP contribution in [-0.2, 0) is 9.53 Å². The van der Waals surface area contributed by atoms with Crippen LogP contribution in [0.5, 0.6) is 0 Å². The SMILES string of the molecule is CC(C)(N)CCC(=O)N1CCOCC1. The lowest BCUT2D eigenvalue weighted by Gasteiger charge is -2.28. The summed E-state index contributed by atoms with van der Waals surface area (Å²) >= 11 is 0. The molecule has 0 aromatic carbocycles. The highest BCUT2D eigenvalue weighted by Gasteiger charge is 2.19. The van der Waals surface area contributed by atoms with Crippen molar-refractivity contribution < 1.29 is 9.53 Å². The van der Waals surface area contributed by atoms with Gasteiger partial charge in [0.05, 0.1) is 13.2 Å². The van der Waals surface area contributed by atoms with Crippen LogP contribution in [0.3, 0.4) is 0 Å². The zero-order valence-electron chi connectivity index (χ0n) is 9.08. The van der Waals surface area contributed by atoms with Crippen LogP contribution in [-0.4, -0.2) is 42.6 Å². The molecule has 1 saturated heterocycles. The van der Waals surface area contributed by atoms with Gasteiger partial charge in [-0.3, -0.25) is 4.79 Å². The van der Waals surface area contributed by atoms with Gasteiger partial charge >= 0.3 is 0 Å². The van der Waals surface area contributed by atoms with E-state index in [9.17, 15) is 4.79 Å². The summed E-state index contributed by atoms with van der Waals surface area (Å²) in [7, 11) is 0. The van der Waals surface area contributed by atoms with E-state index < -0.39 is 0 Å². The molecule has 0 aromatic heterocycles. The highest BCUT2D eigenvalue weighted by molar-refractivity contribution is 5.76. The van der Waals surface area contributed by atoms with Gasteiger partial charge in [-0.2, -0.15) is 0 Å². The molecule has 0 unspecified atom stereocenters. The third kappa shape index (κ3) is 4.07. The standard InChI is InChI=1S/C10H20N2O2/c1-10(2,11)4-3-9(13)12-5-7-14-8-6-12/h3-8,11H2,1-2H3. The molecule has 0 atom stereocenters. The molecule has 0 aromatic rings. The molecular weight excluding hydrogens is 180 g/mol. The molecule has 0 spiro atoms. The van der Waals surface area contributed by atoms with Crippen LogP contribution in [0.4, 0.5) is 0 Å². The van der Waals surface area contributed by atoms with E-state index in [0.29, 0.717) is 19.6 Å². The fourth-order valence-electron chi connectivity index (χ4n) is 1.40. The van der Waals surface area contributed by atoms with Crippen LogP contribution in [0, 0.1) is 0 Å². The minimum atomic E-state index is -0.248. The van der Waals surface area contributed by atoms with Crippen molar-refractivity contribution in [2.45, 2.75) is 32.2 Å². The first-order valence-electron chi connectivity index (χ1n) is 5.13. The first kappa shape index (κ1) is 11.5. The van der Waals surface area contributed by atoms with Crippen LogP contribution in [0.2, 0.25) is 0 Å². The fraction of sp³-hybridized carbons (Fsp3) is 0.900. The van der Waals surface area contributed by atoms with E-state index in [2.05, 4.69) is 0 Å². The maximum Gasteiger partial charge on any atom is 0.222 e. The van der Waals surface area contributed by atoms with Gasteiger partial charge in [0.15, 0.2) is 0 Å². The Morgan fingerprint density at radius 3 is 2.50 bits per heavy atom. The molecule has 82 valence electrons. The maximum atomic E-state index is 11.7. The van der Waals surface area contributed by atoms with Crippen molar-refractivity contribution in [1.29, 1.82) is 0 Å². The number of nitrogens with zero attached hydrogens (tertiary/aromatic N) is 1. The number of amides is 1. The van der Waals surface area contributed by atoms with Gasteiger partial charge in [-0.1, -0.05) is 0 Å². The monoisotopic (exact) mass is 200 g/mol. The van der Waals surface area contributed by atoms with E-state index in [1.54, 1.807) is 0 Å². The summed E-state index contributed by atoms with van der Waals surface area (Å²) in [6, 6.07) is 0. The van der Waals surface area contributed by atoms with Gasteiger partial charge in [0.2, 0.25) is 5.91 Å². The van der Waals surface area contributed by atoms with Crippen molar-refractivity contribution in [3.63, 3.8) is 0 Å². The topological polar surface area (TPSA) is 55.6 Å². The van der Waals surface area contributed by atoms with Gasteiger partial charge in [-0.15, -0.1) is 0 Å². The van der Waals surface area contributed by atoms with Crippen molar-refractivity contribution in [3.05, 3.63) is 0 Å². The first-order chi connectivity index (χ1) is 6.49. The van der Waals surface area contributed by atoms with E-state index in [-0.39, 0.29) is 11.4 Å². The van der Waals surface area contributed by atoms with Gasteiger partial charge in [-0.25, -0.2) is 0 Å². The van der Waals surface area contributed by atoms with Crippen LogP contribution in [0.15, 0.2) is 0 Å². The Morgan fingerprint density at radius 2 is 2.00 bits per heavy atom. The summed E-state index contributed by atoms with van der Waals surface area (Å²) in [6.45, 7) is 6.67. The van der Waals surface area contributed by atoms with Crippen molar-refractivity contribution in [3.8, 4) is 0 Å². The van der Waals surface area contributed by atoms with Crippen molar-refractivity contribution in [2.75, 3.05) is 26.3 Å². The highest BCUT2D eigenvalue weighted by atomic mass is 16.5. The van der Waals surface area contributed by atoms with Crippen LogP contribution in [0.25, 0.3) is 0 Å². The predicted octanol–water partition coefficient (Wildman–Crippen LogP) is 0.363. The van der Waals surface area contributed by atoms with Gasteiger partial charge in [0.25, 0.3) is 0 Å². The van der Waals surface area contributed by atoms with Crippen molar-refractivity contribution in [1.82, 2.24) is 4.90 Å². The average molecular weight is 200 g/mol. The molecule has 1 aliphatic heterocycles. The Hall–Kier alpha value is -0.610. The molecule has 1 heterocycles. The number of ether oxygens (including phenoxy) is 1. The van der Waals surface area contributed by atoms with E-state index in [1.807, 2.05) is 18.7 Å². The van der Waals surface area contributed by atoms with Gasteiger partial charge in [0, 0.05) is 25.0 Å². The summed E-state index contributed by atoms with van der Waals surface area (Å²) in [5.74, 6) is 0.201. The number of carbonyl (C=O) groups is 1. The average Bonchev–Trinajstić information content (AvgIpc) is 2.14. The third-order valence-electron chi connectivity index (χ3n) is 2.35. The number of rotatable bonds is 3. The van der Waals surface area contributed by atoms with Gasteiger partial charge in [-0.05, 0) is 20.3 Å². The summed E-state index contributed by atoms with van der Waals surface area (Å²) in [6.07, 6.45) is 1.28. The molecule has 1 amide bonds. The molecular formula is C10H20N2O2. The lowest BCUT2D eigenvalue weighted by Crippen LogP contribution is -2.42. The van der Waals surface area contributed by atoms with Crippen LogP contribution >= 0.6 is 0 Å². The Balaban J connectivity index is 2.27. The molecule has 14 heavy (non-hydrogen) atoms.